The molecule has 4 rings (SSSR count). The average Bonchev–Trinajstić information content (AvgIpc) is 3.15. The number of esters is 1. The van der Waals surface area contributed by atoms with Crippen molar-refractivity contribution in [3.63, 3.8) is 0 Å². The topological polar surface area (TPSA) is 94.0 Å². The number of nitrogens with zero attached hydrogens (tertiary/aromatic N) is 4. The van der Waals surface area contributed by atoms with E-state index in [1.54, 1.807) is 12.4 Å². The normalized spacial score (nSPS) is 11.4. The van der Waals surface area contributed by atoms with Crippen LogP contribution in [0.3, 0.4) is 0 Å². The molecule has 0 atom stereocenters. The van der Waals surface area contributed by atoms with Gasteiger partial charge in [0.15, 0.2) is 0 Å². The molecule has 0 fully saturated rings. The van der Waals surface area contributed by atoms with Gasteiger partial charge in [-0.1, -0.05) is 12.1 Å². The molecular formula is C24H25BrN6O2. The summed E-state index contributed by atoms with van der Waals surface area (Å²) in [6, 6.07) is 13.6. The van der Waals surface area contributed by atoms with Crippen LogP contribution in [0.4, 0.5) is 17.5 Å². The highest BCUT2D eigenvalue weighted by atomic mass is 79.9. The maximum absolute atomic E-state index is 12.3. The lowest BCUT2D eigenvalue weighted by molar-refractivity contribution is -0.155. The van der Waals surface area contributed by atoms with E-state index in [0.717, 1.165) is 26.8 Å². The molecule has 0 unspecified atom stereocenters. The molecular weight excluding hydrogens is 484 g/mol. The summed E-state index contributed by atoms with van der Waals surface area (Å²) < 4.78 is 8.08. The van der Waals surface area contributed by atoms with Crippen molar-refractivity contribution < 1.29 is 9.53 Å². The Labute approximate surface area is 200 Å². The van der Waals surface area contributed by atoms with Crippen LogP contribution in [0.2, 0.25) is 0 Å². The summed E-state index contributed by atoms with van der Waals surface area (Å²) in [6.45, 7) is 6.26. The second kappa shape index (κ2) is 9.58. The molecule has 0 aliphatic heterocycles. The van der Waals surface area contributed by atoms with Crippen molar-refractivity contribution in [2.45, 2.75) is 39.5 Å². The van der Waals surface area contributed by atoms with Crippen molar-refractivity contribution in [3.05, 3.63) is 71.2 Å². The summed E-state index contributed by atoms with van der Waals surface area (Å²) in [5.74, 6) is 0.831. The number of nitrogens with one attached hydrogen (secondary N) is 2. The zero-order chi connectivity index (χ0) is 23.4. The Bertz CT molecular complexity index is 1270. The number of benzene rings is 1. The third-order valence-electron chi connectivity index (χ3n) is 4.66. The van der Waals surface area contributed by atoms with Crippen LogP contribution < -0.4 is 10.6 Å². The van der Waals surface area contributed by atoms with Gasteiger partial charge in [-0.2, -0.15) is 4.98 Å². The van der Waals surface area contributed by atoms with E-state index in [2.05, 4.69) is 41.5 Å². The minimum absolute atomic E-state index is 0.139. The lowest BCUT2D eigenvalue weighted by Crippen LogP contribution is -2.26. The lowest BCUT2D eigenvalue weighted by Gasteiger charge is -2.19. The van der Waals surface area contributed by atoms with Crippen LogP contribution in [0.1, 0.15) is 26.5 Å². The van der Waals surface area contributed by atoms with Gasteiger partial charge < -0.3 is 19.9 Å². The van der Waals surface area contributed by atoms with Crippen molar-refractivity contribution in [2.75, 3.05) is 10.6 Å². The van der Waals surface area contributed by atoms with Crippen LogP contribution in [-0.4, -0.2) is 31.1 Å². The van der Waals surface area contributed by atoms with E-state index in [4.69, 9.17) is 4.74 Å². The van der Waals surface area contributed by atoms with Gasteiger partial charge in [-0.25, -0.2) is 4.98 Å². The molecule has 33 heavy (non-hydrogen) atoms. The number of ether oxygens (including phenoxy) is 1. The first-order valence-corrected chi connectivity index (χ1v) is 11.3. The van der Waals surface area contributed by atoms with Crippen LogP contribution in [-0.2, 0) is 22.6 Å². The van der Waals surface area contributed by atoms with Gasteiger partial charge in [0.25, 0.3) is 0 Å². The van der Waals surface area contributed by atoms with Gasteiger partial charge in [-0.05, 0) is 72.4 Å². The highest BCUT2D eigenvalue weighted by molar-refractivity contribution is 9.10. The van der Waals surface area contributed by atoms with Crippen molar-refractivity contribution in [3.8, 4) is 0 Å². The van der Waals surface area contributed by atoms with Crippen molar-refractivity contribution in [1.82, 2.24) is 19.5 Å². The van der Waals surface area contributed by atoms with E-state index in [1.807, 2.05) is 74.0 Å². The van der Waals surface area contributed by atoms with Crippen molar-refractivity contribution in [1.29, 1.82) is 0 Å². The first-order valence-electron chi connectivity index (χ1n) is 10.5. The zero-order valence-electron chi connectivity index (χ0n) is 18.7. The molecule has 3 aromatic heterocycles. The highest BCUT2D eigenvalue weighted by Gasteiger charge is 2.17. The number of halogens is 1. The minimum Gasteiger partial charge on any atom is -0.459 e. The summed E-state index contributed by atoms with van der Waals surface area (Å²) in [5, 5.41) is 7.54. The lowest BCUT2D eigenvalue weighted by atomic mass is 10.2. The predicted octanol–water partition coefficient (Wildman–Crippen LogP) is 5.29. The molecule has 4 aromatic rings. The largest absolute Gasteiger partial charge is 0.459 e. The number of hydrogen-bond donors (Lipinski definition) is 2. The summed E-state index contributed by atoms with van der Waals surface area (Å²) in [6.07, 6.45) is 5.34. The van der Waals surface area contributed by atoms with Gasteiger partial charge >= 0.3 is 5.97 Å². The Morgan fingerprint density at radius 3 is 2.76 bits per heavy atom. The molecule has 0 saturated carbocycles. The smallest absolute Gasteiger partial charge is 0.326 e. The van der Waals surface area contributed by atoms with E-state index in [-0.39, 0.29) is 12.5 Å². The van der Waals surface area contributed by atoms with Gasteiger partial charge in [0.2, 0.25) is 5.95 Å². The van der Waals surface area contributed by atoms with Crippen LogP contribution in [0, 0.1) is 0 Å². The number of anilines is 3. The second-order valence-electron chi connectivity index (χ2n) is 8.49. The molecule has 0 aliphatic rings. The Morgan fingerprint density at radius 1 is 1.15 bits per heavy atom. The molecule has 170 valence electrons. The first kappa shape index (κ1) is 22.7. The minimum atomic E-state index is -0.520. The van der Waals surface area contributed by atoms with Gasteiger partial charge in [-0.15, -0.1) is 0 Å². The summed E-state index contributed by atoms with van der Waals surface area (Å²) in [7, 11) is 0. The van der Waals surface area contributed by atoms with E-state index >= 15 is 0 Å². The van der Waals surface area contributed by atoms with Crippen LogP contribution in [0.25, 0.3) is 10.9 Å². The molecule has 8 nitrogen and oxygen atoms in total. The highest BCUT2D eigenvalue weighted by Crippen LogP contribution is 2.25. The maximum atomic E-state index is 12.3. The second-order valence-corrected chi connectivity index (χ2v) is 9.35. The van der Waals surface area contributed by atoms with E-state index < -0.39 is 5.60 Å². The van der Waals surface area contributed by atoms with E-state index in [0.29, 0.717) is 18.3 Å². The van der Waals surface area contributed by atoms with Crippen LogP contribution in [0.5, 0.6) is 0 Å². The molecule has 9 heteroatoms. The number of fused-ring (bicyclic) bond motifs is 1. The number of aromatic nitrogens is 4. The summed E-state index contributed by atoms with van der Waals surface area (Å²) in [5.41, 5.74) is 2.11. The quantitative estimate of drug-likeness (QED) is 0.327. The maximum Gasteiger partial charge on any atom is 0.326 e. The average molecular weight is 509 g/mol. The Hall–Kier alpha value is -3.46. The monoisotopic (exact) mass is 508 g/mol. The molecule has 0 radical (unpaired) electrons. The first-order chi connectivity index (χ1) is 15.8. The summed E-state index contributed by atoms with van der Waals surface area (Å²) in [4.78, 5) is 25.5. The number of rotatable bonds is 7. The molecule has 0 aliphatic carbocycles. The van der Waals surface area contributed by atoms with E-state index in [1.165, 1.54) is 0 Å². The van der Waals surface area contributed by atoms with Crippen LogP contribution in [0.15, 0.2) is 65.5 Å². The van der Waals surface area contributed by atoms with Crippen molar-refractivity contribution >= 4 is 50.3 Å². The fourth-order valence-corrected chi connectivity index (χ4v) is 3.60. The van der Waals surface area contributed by atoms with Gasteiger partial charge in [0.05, 0.1) is 22.2 Å². The molecule has 0 bridgehead atoms. The van der Waals surface area contributed by atoms with Gasteiger partial charge in [0, 0.05) is 24.3 Å². The number of pyridine rings is 1. The van der Waals surface area contributed by atoms with E-state index in [9.17, 15) is 4.79 Å². The molecule has 3 heterocycles. The third-order valence-corrected chi connectivity index (χ3v) is 5.24. The fraction of sp³-hybridized carbons (Fsp3) is 0.250. The molecule has 1 aromatic carbocycles. The fourth-order valence-electron chi connectivity index (χ4n) is 3.27. The van der Waals surface area contributed by atoms with Crippen molar-refractivity contribution in [2.24, 2.45) is 0 Å². The Balaban J connectivity index is 1.50. The standard InChI is InChI=1S/C24H25BrN6O2/c1-24(2,3)33-21(32)15-31-11-9-16-7-8-17(12-20(16)31)29-23-28-14-19(25)22(30-23)27-13-18-6-4-5-10-26-18/h4-12,14H,13,15H2,1-3H3,(H2,27,28,29,30). The van der Waals surface area contributed by atoms with Crippen LogP contribution >= 0.6 is 15.9 Å². The van der Waals surface area contributed by atoms with Gasteiger partial charge in [0.1, 0.15) is 18.0 Å². The molecule has 0 saturated heterocycles. The molecule has 0 spiro atoms. The molecule has 0 amide bonds. The Kier molecular flexibility index (Phi) is 6.60. The predicted molar refractivity (Wildman–Crippen MR) is 132 cm³/mol. The zero-order valence-corrected chi connectivity index (χ0v) is 20.3. The third kappa shape index (κ3) is 6.07. The number of carbonyl (C=O) groups is 1. The number of carbonyl (C=O) groups excluding carboxylic acids is 1. The summed E-state index contributed by atoms with van der Waals surface area (Å²) >= 11 is 3.49. The van der Waals surface area contributed by atoms with Gasteiger partial charge in [-0.3, -0.25) is 9.78 Å². The molecule has 2 N–H and O–H groups in total. The Morgan fingerprint density at radius 2 is 2.00 bits per heavy atom. The number of hydrogen-bond acceptors (Lipinski definition) is 7. The SMILES string of the molecule is CC(C)(C)OC(=O)Cn1ccc2ccc(Nc3ncc(Br)c(NCc4ccccn4)n3)cc21.